The summed E-state index contributed by atoms with van der Waals surface area (Å²) in [5.74, 6) is -0.612. The summed E-state index contributed by atoms with van der Waals surface area (Å²) in [6.07, 6.45) is 6.15. The largest absolute Gasteiger partial charge is 0.393 e. The molecule has 1 amide bonds. The molecule has 1 aliphatic carbocycles. The number of primary amides is 1. The average molecular weight is 513 g/mol. The number of fused-ring (bicyclic) bond motifs is 2. The molecule has 0 unspecified atom stereocenters. The summed E-state index contributed by atoms with van der Waals surface area (Å²) in [5, 5.41) is 20.1. The molecule has 2 aromatic carbocycles. The van der Waals surface area contributed by atoms with Gasteiger partial charge in [0.2, 0.25) is 0 Å². The van der Waals surface area contributed by atoms with Crippen LogP contribution < -0.4 is 11.1 Å². The number of nitrogens with one attached hydrogen (secondary N) is 1. The van der Waals surface area contributed by atoms with Crippen molar-refractivity contribution in [3.05, 3.63) is 77.8 Å². The van der Waals surface area contributed by atoms with E-state index in [1.54, 1.807) is 10.9 Å². The van der Waals surface area contributed by atoms with Crippen molar-refractivity contribution in [3.63, 3.8) is 0 Å². The SMILES string of the molecule is NC(=O)c1ncc(-n2nc(Cl)c3c(-c4cnc5ccccc5c4)cccc32)cc1NC1CCC(O)CC1. The van der Waals surface area contributed by atoms with Crippen molar-refractivity contribution in [1.82, 2.24) is 19.7 Å². The number of anilines is 1. The first-order valence-corrected chi connectivity index (χ1v) is 12.6. The highest BCUT2D eigenvalue weighted by Gasteiger charge is 2.23. The van der Waals surface area contributed by atoms with Gasteiger partial charge in [-0.05, 0) is 55.5 Å². The van der Waals surface area contributed by atoms with Crippen LogP contribution in [0.3, 0.4) is 0 Å². The minimum atomic E-state index is -0.612. The Morgan fingerprint density at radius 2 is 1.84 bits per heavy atom. The van der Waals surface area contributed by atoms with Gasteiger partial charge in [-0.15, -0.1) is 0 Å². The molecule has 4 N–H and O–H groups in total. The topological polar surface area (TPSA) is 119 Å². The number of para-hydroxylation sites is 1. The van der Waals surface area contributed by atoms with Gasteiger partial charge in [-0.1, -0.05) is 41.9 Å². The van der Waals surface area contributed by atoms with Gasteiger partial charge in [0, 0.05) is 28.6 Å². The maximum Gasteiger partial charge on any atom is 0.269 e. The Labute approximate surface area is 218 Å². The van der Waals surface area contributed by atoms with Gasteiger partial charge in [0.05, 0.1) is 34.7 Å². The minimum Gasteiger partial charge on any atom is -0.393 e. The highest BCUT2D eigenvalue weighted by atomic mass is 35.5. The predicted octanol–water partition coefficient (Wildman–Crippen LogP) is 5.10. The van der Waals surface area contributed by atoms with Gasteiger partial charge >= 0.3 is 0 Å². The average Bonchev–Trinajstić information content (AvgIpc) is 3.26. The second kappa shape index (κ2) is 9.46. The lowest BCUT2D eigenvalue weighted by atomic mass is 9.93. The number of aliphatic hydroxyl groups excluding tert-OH is 1. The number of rotatable bonds is 5. The molecule has 5 aromatic rings. The van der Waals surface area contributed by atoms with Gasteiger partial charge in [-0.3, -0.25) is 9.78 Å². The van der Waals surface area contributed by atoms with Crippen LogP contribution in [0, 0.1) is 0 Å². The lowest BCUT2D eigenvalue weighted by Gasteiger charge is -2.27. The number of aliphatic hydroxyl groups is 1. The highest BCUT2D eigenvalue weighted by Crippen LogP contribution is 2.36. The molecule has 6 rings (SSSR count). The Morgan fingerprint density at radius 1 is 1.03 bits per heavy atom. The molecule has 1 saturated carbocycles. The number of carbonyl (C=O) groups is 1. The van der Waals surface area contributed by atoms with Crippen LogP contribution in [0.5, 0.6) is 0 Å². The number of amides is 1. The molecule has 8 nitrogen and oxygen atoms in total. The van der Waals surface area contributed by atoms with E-state index in [-0.39, 0.29) is 17.8 Å². The van der Waals surface area contributed by atoms with Crippen LogP contribution in [-0.4, -0.2) is 42.9 Å². The summed E-state index contributed by atoms with van der Waals surface area (Å²) in [4.78, 5) is 21.1. The fourth-order valence-corrected chi connectivity index (χ4v) is 5.37. The first-order chi connectivity index (χ1) is 18.0. The number of hydrogen-bond donors (Lipinski definition) is 3. The van der Waals surface area contributed by atoms with E-state index in [9.17, 15) is 9.90 Å². The minimum absolute atomic E-state index is 0.114. The molecule has 3 heterocycles. The van der Waals surface area contributed by atoms with Crippen LogP contribution in [0.25, 0.3) is 38.6 Å². The van der Waals surface area contributed by atoms with E-state index in [4.69, 9.17) is 17.3 Å². The maximum atomic E-state index is 12.1. The van der Waals surface area contributed by atoms with E-state index in [2.05, 4.69) is 26.4 Å². The van der Waals surface area contributed by atoms with Crippen LogP contribution >= 0.6 is 11.6 Å². The molecular formula is C28H25ClN6O2. The van der Waals surface area contributed by atoms with Crippen molar-refractivity contribution < 1.29 is 9.90 Å². The third kappa shape index (κ3) is 4.39. The van der Waals surface area contributed by atoms with Gasteiger partial charge in [0.1, 0.15) is 0 Å². The Balaban J connectivity index is 1.43. The van der Waals surface area contributed by atoms with Crippen molar-refractivity contribution in [2.75, 3.05) is 5.32 Å². The van der Waals surface area contributed by atoms with Crippen LogP contribution in [-0.2, 0) is 0 Å². The van der Waals surface area contributed by atoms with E-state index in [1.807, 2.05) is 54.7 Å². The molecule has 9 heteroatoms. The lowest BCUT2D eigenvalue weighted by Crippen LogP contribution is -2.29. The fourth-order valence-electron chi connectivity index (χ4n) is 5.10. The zero-order chi connectivity index (χ0) is 25.5. The van der Waals surface area contributed by atoms with Gasteiger partial charge in [0.25, 0.3) is 5.91 Å². The normalized spacial score (nSPS) is 17.8. The number of halogens is 1. The van der Waals surface area contributed by atoms with E-state index < -0.39 is 5.91 Å². The monoisotopic (exact) mass is 512 g/mol. The van der Waals surface area contributed by atoms with Gasteiger partial charge < -0.3 is 16.2 Å². The maximum absolute atomic E-state index is 12.1. The van der Waals surface area contributed by atoms with Crippen molar-refractivity contribution in [1.29, 1.82) is 0 Å². The number of nitrogens with two attached hydrogens (primary N) is 1. The summed E-state index contributed by atoms with van der Waals surface area (Å²) in [7, 11) is 0. The number of aromatic nitrogens is 4. The molecule has 0 radical (unpaired) electrons. The summed E-state index contributed by atoms with van der Waals surface area (Å²) >= 11 is 6.71. The molecule has 0 spiro atoms. The molecule has 0 aliphatic heterocycles. The van der Waals surface area contributed by atoms with E-state index >= 15 is 0 Å². The third-order valence-electron chi connectivity index (χ3n) is 6.97. The van der Waals surface area contributed by atoms with Crippen molar-refractivity contribution in [2.45, 2.75) is 37.8 Å². The van der Waals surface area contributed by atoms with Crippen molar-refractivity contribution in [2.24, 2.45) is 5.73 Å². The lowest BCUT2D eigenvalue weighted by molar-refractivity contribution is 0.0995. The Morgan fingerprint density at radius 3 is 2.65 bits per heavy atom. The fraction of sp³-hybridized carbons (Fsp3) is 0.214. The summed E-state index contributed by atoms with van der Waals surface area (Å²) in [6.45, 7) is 0. The second-order valence-electron chi connectivity index (χ2n) is 9.42. The first-order valence-electron chi connectivity index (χ1n) is 12.2. The van der Waals surface area contributed by atoms with Crippen LogP contribution in [0.4, 0.5) is 5.69 Å². The predicted molar refractivity (Wildman–Crippen MR) is 145 cm³/mol. The van der Waals surface area contributed by atoms with Crippen LogP contribution in [0.15, 0.2) is 67.0 Å². The first kappa shape index (κ1) is 23.4. The highest BCUT2D eigenvalue weighted by molar-refractivity contribution is 6.35. The van der Waals surface area contributed by atoms with E-state index in [0.717, 1.165) is 45.8 Å². The summed E-state index contributed by atoms with van der Waals surface area (Å²) < 4.78 is 1.73. The quantitative estimate of drug-likeness (QED) is 0.301. The molecule has 3 aromatic heterocycles. The Hall–Kier alpha value is -4.01. The van der Waals surface area contributed by atoms with E-state index in [1.165, 1.54) is 0 Å². The summed E-state index contributed by atoms with van der Waals surface area (Å²) in [5.41, 5.74) is 10.6. The van der Waals surface area contributed by atoms with Crippen molar-refractivity contribution >= 4 is 45.0 Å². The zero-order valence-electron chi connectivity index (χ0n) is 19.9. The summed E-state index contributed by atoms with van der Waals surface area (Å²) in [6, 6.07) is 17.9. The molecule has 0 saturated heterocycles. The molecule has 37 heavy (non-hydrogen) atoms. The number of benzene rings is 2. The molecule has 1 aliphatic rings. The van der Waals surface area contributed by atoms with Crippen LogP contribution in [0.2, 0.25) is 5.15 Å². The number of pyridine rings is 2. The molecule has 0 bridgehead atoms. The molecule has 0 atom stereocenters. The molecule has 186 valence electrons. The van der Waals surface area contributed by atoms with Gasteiger partial charge in [-0.2, -0.15) is 5.10 Å². The van der Waals surface area contributed by atoms with Gasteiger partial charge in [-0.25, -0.2) is 9.67 Å². The standard InChI is InChI=1S/C28H25ClN6O2/c29-27-25-21(17-12-16-4-1-2-6-22(16)31-14-17)5-3-7-24(25)35(34-27)19-13-23(26(28(30)37)32-15-19)33-18-8-10-20(36)11-9-18/h1-7,12-15,18,20,33,36H,8-11H2,(H2,30,37). The van der Waals surface area contributed by atoms with E-state index in [0.29, 0.717) is 29.4 Å². The Kier molecular flexibility index (Phi) is 5.98. The second-order valence-corrected chi connectivity index (χ2v) is 9.78. The third-order valence-corrected chi connectivity index (χ3v) is 7.24. The molecular weight excluding hydrogens is 488 g/mol. The smallest absolute Gasteiger partial charge is 0.269 e. The Bertz CT molecular complexity index is 1640. The number of hydrogen-bond acceptors (Lipinski definition) is 6. The molecule has 1 fully saturated rings. The number of nitrogens with zero attached hydrogens (tertiary/aromatic N) is 4. The zero-order valence-corrected chi connectivity index (χ0v) is 20.7. The number of carbonyl (C=O) groups excluding carboxylic acids is 1. The van der Waals surface area contributed by atoms with Gasteiger partial charge in [0.15, 0.2) is 10.8 Å². The van der Waals surface area contributed by atoms with Crippen molar-refractivity contribution in [3.8, 4) is 16.8 Å². The van der Waals surface area contributed by atoms with Crippen LogP contribution in [0.1, 0.15) is 36.2 Å².